The van der Waals surface area contributed by atoms with E-state index in [-0.39, 0.29) is 23.0 Å². The van der Waals surface area contributed by atoms with Gasteiger partial charge < -0.3 is 20.5 Å². The molecule has 2 aromatic carbocycles. The van der Waals surface area contributed by atoms with E-state index in [4.69, 9.17) is 4.74 Å². The molecule has 33 heavy (non-hydrogen) atoms. The van der Waals surface area contributed by atoms with Crippen LogP contribution < -0.4 is 15.4 Å². The number of aromatic carboxylic acids is 1. The first-order chi connectivity index (χ1) is 15.8. The van der Waals surface area contributed by atoms with Crippen molar-refractivity contribution in [3.63, 3.8) is 0 Å². The van der Waals surface area contributed by atoms with Crippen LogP contribution in [-0.2, 0) is 12.8 Å². The summed E-state index contributed by atoms with van der Waals surface area (Å²) >= 11 is 1.39. The van der Waals surface area contributed by atoms with Crippen molar-refractivity contribution in [1.82, 2.24) is 5.32 Å². The van der Waals surface area contributed by atoms with E-state index in [1.165, 1.54) is 11.3 Å². The van der Waals surface area contributed by atoms with Gasteiger partial charge in [-0.15, -0.1) is 11.3 Å². The van der Waals surface area contributed by atoms with Gasteiger partial charge in [-0.25, -0.2) is 4.79 Å². The molecule has 0 saturated carbocycles. The molecule has 1 aliphatic carbocycles. The molecular formula is C26H28N2O4S. The molecule has 3 aromatic rings. The number of fused-ring (bicyclic) bond motifs is 2. The summed E-state index contributed by atoms with van der Waals surface area (Å²) in [5.41, 5.74) is 1.57. The summed E-state index contributed by atoms with van der Waals surface area (Å²) in [4.78, 5) is 26.7. The highest BCUT2D eigenvalue weighted by molar-refractivity contribution is 7.17. The zero-order valence-corrected chi connectivity index (χ0v) is 19.7. The van der Waals surface area contributed by atoms with Gasteiger partial charge in [-0.05, 0) is 66.1 Å². The maximum absolute atomic E-state index is 13.5. The second-order valence-corrected chi connectivity index (χ2v) is 10.8. The van der Waals surface area contributed by atoms with Crippen LogP contribution in [0.25, 0.3) is 10.8 Å². The molecular weight excluding hydrogens is 436 g/mol. The lowest BCUT2D eigenvalue weighted by atomic mass is 9.76. The number of carbonyl (C=O) groups is 2. The van der Waals surface area contributed by atoms with Crippen molar-refractivity contribution in [3.05, 3.63) is 58.0 Å². The minimum atomic E-state index is -0.993. The Hall–Kier alpha value is -2.90. The highest BCUT2D eigenvalue weighted by Crippen LogP contribution is 2.44. The van der Waals surface area contributed by atoms with Crippen LogP contribution in [0, 0.1) is 5.41 Å². The molecule has 0 spiro atoms. The SMILES string of the molecule is CC1(C)CCc2sc(NC(=O)c3cc4ccccc4cc3O[C@H]3CCNC3)c(C(=O)O)c2C1. The molecule has 1 atom stereocenters. The first-order valence-corrected chi connectivity index (χ1v) is 12.2. The molecule has 0 unspecified atom stereocenters. The Morgan fingerprint density at radius 2 is 1.97 bits per heavy atom. The monoisotopic (exact) mass is 464 g/mol. The summed E-state index contributed by atoms with van der Waals surface area (Å²) in [5.74, 6) is -0.811. The lowest BCUT2D eigenvalue weighted by Crippen LogP contribution is -2.23. The number of amides is 1. The van der Waals surface area contributed by atoms with Crippen LogP contribution in [0.5, 0.6) is 5.75 Å². The molecule has 2 heterocycles. The van der Waals surface area contributed by atoms with Crippen molar-refractivity contribution in [2.45, 2.75) is 45.6 Å². The van der Waals surface area contributed by atoms with Crippen molar-refractivity contribution in [2.75, 3.05) is 18.4 Å². The Labute approximate surface area is 197 Å². The lowest BCUT2D eigenvalue weighted by molar-refractivity contribution is 0.0696. The molecule has 5 rings (SSSR count). The van der Waals surface area contributed by atoms with Gasteiger partial charge in [-0.3, -0.25) is 4.79 Å². The minimum Gasteiger partial charge on any atom is -0.488 e. The Morgan fingerprint density at radius 1 is 1.21 bits per heavy atom. The summed E-state index contributed by atoms with van der Waals surface area (Å²) in [6, 6.07) is 11.6. The van der Waals surface area contributed by atoms with Crippen LogP contribution in [0.1, 0.15) is 57.8 Å². The first kappa shape index (κ1) is 21.9. The molecule has 3 N–H and O–H groups in total. The van der Waals surface area contributed by atoms with E-state index < -0.39 is 5.97 Å². The van der Waals surface area contributed by atoms with Crippen LogP contribution in [-0.4, -0.2) is 36.2 Å². The van der Waals surface area contributed by atoms with Crippen molar-refractivity contribution in [1.29, 1.82) is 0 Å². The molecule has 1 amide bonds. The molecule has 172 valence electrons. The number of anilines is 1. The van der Waals surface area contributed by atoms with Crippen LogP contribution >= 0.6 is 11.3 Å². The van der Waals surface area contributed by atoms with Gasteiger partial charge in [0.05, 0.1) is 11.1 Å². The van der Waals surface area contributed by atoms with Crippen molar-refractivity contribution >= 4 is 39.0 Å². The molecule has 0 bridgehead atoms. The van der Waals surface area contributed by atoms with Gasteiger partial charge in [0.15, 0.2) is 0 Å². The number of nitrogens with one attached hydrogen (secondary N) is 2. The molecule has 0 radical (unpaired) electrons. The summed E-state index contributed by atoms with van der Waals surface area (Å²) in [7, 11) is 0. The van der Waals surface area contributed by atoms with E-state index in [9.17, 15) is 14.7 Å². The first-order valence-electron chi connectivity index (χ1n) is 11.4. The Morgan fingerprint density at radius 3 is 2.67 bits per heavy atom. The maximum atomic E-state index is 13.5. The number of carbonyl (C=O) groups excluding carboxylic acids is 1. The third-order valence-electron chi connectivity index (χ3n) is 6.62. The maximum Gasteiger partial charge on any atom is 0.339 e. The van der Waals surface area contributed by atoms with E-state index in [0.717, 1.165) is 53.6 Å². The third kappa shape index (κ3) is 4.35. The fourth-order valence-corrected chi connectivity index (χ4v) is 6.01. The average molecular weight is 465 g/mol. The second kappa shape index (κ2) is 8.47. The molecule has 2 aliphatic rings. The zero-order valence-electron chi connectivity index (χ0n) is 18.9. The molecule has 6 nitrogen and oxygen atoms in total. The van der Waals surface area contributed by atoms with Gasteiger partial charge in [0.25, 0.3) is 5.91 Å². The fourth-order valence-electron chi connectivity index (χ4n) is 4.81. The van der Waals surface area contributed by atoms with Gasteiger partial charge in [0.2, 0.25) is 0 Å². The Balaban J connectivity index is 1.52. The normalized spacial score (nSPS) is 19.3. The lowest BCUT2D eigenvalue weighted by Gasteiger charge is -2.29. The number of aryl methyl sites for hydroxylation is 1. The number of rotatable bonds is 5. The molecule has 1 aliphatic heterocycles. The molecule has 7 heteroatoms. The molecule has 1 saturated heterocycles. The minimum absolute atomic E-state index is 0.00331. The van der Waals surface area contributed by atoms with Crippen molar-refractivity contribution in [2.24, 2.45) is 5.41 Å². The quantitative estimate of drug-likeness (QED) is 0.489. The predicted molar refractivity (Wildman–Crippen MR) is 131 cm³/mol. The highest BCUT2D eigenvalue weighted by atomic mass is 32.1. The van der Waals surface area contributed by atoms with Gasteiger partial charge >= 0.3 is 5.97 Å². The van der Waals surface area contributed by atoms with Crippen molar-refractivity contribution < 1.29 is 19.4 Å². The van der Waals surface area contributed by atoms with E-state index in [1.54, 1.807) is 0 Å². The van der Waals surface area contributed by atoms with E-state index in [2.05, 4.69) is 24.5 Å². The fraction of sp³-hybridized carbons (Fsp3) is 0.385. The van der Waals surface area contributed by atoms with Crippen LogP contribution in [0.3, 0.4) is 0 Å². The van der Waals surface area contributed by atoms with E-state index in [0.29, 0.717) is 22.7 Å². The van der Waals surface area contributed by atoms with Gasteiger partial charge in [-0.2, -0.15) is 0 Å². The second-order valence-electron chi connectivity index (χ2n) is 9.74. The van der Waals surface area contributed by atoms with Crippen molar-refractivity contribution in [3.8, 4) is 5.75 Å². The largest absolute Gasteiger partial charge is 0.488 e. The van der Waals surface area contributed by atoms with Crippen LogP contribution in [0.2, 0.25) is 0 Å². The van der Waals surface area contributed by atoms with Gasteiger partial charge in [0, 0.05) is 11.4 Å². The predicted octanol–water partition coefficient (Wildman–Crippen LogP) is 5.11. The number of benzene rings is 2. The smallest absolute Gasteiger partial charge is 0.339 e. The van der Waals surface area contributed by atoms with Gasteiger partial charge in [-0.1, -0.05) is 38.1 Å². The van der Waals surface area contributed by atoms with E-state index >= 15 is 0 Å². The molecule has 1 aromatic heterocycles. The number of hydrogen-bond acceptors (Lipinski definition) is 5. The topological polar surface area (TPSA) is 87.7 Å². The standard InChI is InChI=1S/C26H28N2O4S/c1-26(2)9-7-21-19(13-26)22(25(30)31)24(33-21)28-23(29)18-11-15-5-3-4-6-16(15)12-20(18)32-17-8-10-27-14-17/h3-6,11-12,17,27H,7-10,13-14H2,1-2H3,(H,28,29)(H,30,31)/t17-/m0/s1. The summed E-state index contributed by atoms with van der Waals surface area (Å²) in [6.07, 6.45) is 3.43. The zero-order chi connectivity index (χ0) is 23.2. The van der Waals surface area contributed by atoms with Crippen LogP contribution in [0.4, 0.5) is 5.00 Å². The third-order valence-corrected chi connectivity index (χ3v) is 7.82. The Bertz CT molecular complexity index is 1240. The summed E-state index contributed by atoms with van der Waals surface area (Å²) < 4.78 is 6.22. The number of hydrogen-bond donors (Lipinski definition) is 3. The van der Waals surface area contributed by atoms with E-state index in [1.807, 2.05) is 36.4 Å². The highest BCUT2D eigenvalue weighted by Gasteiger charge is 2.33. The summed E-state index contributed by atoms with van der Waals surface area (Å²) in [5, 5.41) is 18.5. The van der Waals surface area contributed by atoms with Crippen LogP contribution in [0.15, 0.2) is 36.4 Å². The van der Waals surface area contributed by atoms with Gasteiger partial charge in [0.1, 0.15) is 16.9 Å². The number of thiophene rings is 1. The average Bonchev–Trinajstić information content (AvgIpc) is 3.39. The number of carboxylic acid groups (broad SMARTS) is 1. The summed E-state index contributed by atoms with van der Waals surface area (Å²) in [6.45, 7) is 5.95. The number of carboxylic acids is 1. The molecule has 1 fully saturated rings. The Kier molecular flexibility index (Phi) is 5.62. The number of ether oxygens (including phenoxy) is 1.